The predicted molar refractivity (Wildman–Crippen MR) is 83.5 cm³/mol. The van der Waals surface area contributed by atoms with Crippen LogP contribution in [0.2, 0.25) is 0 Å². The molecule has 112 valence electrons. The van der Waals surface area contributed by atoms with Crippen LogP contribution in [0, 0.1) is 11.3 Å². The highest BCUT2D eigenvalue weighted by Crippen LogP contribution is 2.39. The van der Waals surface area contributed by atoms with E-state index in [4.69, 9.17) is 0 Å². The molecule has 0 amide bonds. The minimum Gasteiger partial charge on any atom is -0.312 e. The lowest BCUT2D eigenvalue weighted by molar-refractivity contribution is 0.0865. The largest absolute Gasteiger partial charge is 0.312 e. The van der Waals surface area contributed by atoms with E-state index in [1.807, 2.05) is 0 Å². The van der Waals surface area contributed by atoms with Gasteiger partial charge in [0.1, 0.15) is 0 Å². The van der Waals surface area contributed by atoms with Gasteiger partial charge in [-0.05, 0) is 63.1 Å². The van der Waals surface area contributed by atoms with Crippen LogP contribution < -0.4 is 5.32 Å². The SMILES string of the molecule is CCCNC(CN1CCC(CC)(CC)CC1)C1CC1. The topological polar surface area (TPSA) is 15.3 Å². The van der Waals surface area contributed by atoms with Gasteiger partial charge in [-0.25, -0.2) is 0 Å². The Morgan fingerprint density at radius 3 is 2.21 bits per heavy atom. The highest BCUT2D eigenvalue weighted by Gasteiger charge is 2.35. The summed E-state index contributed by atoms with van der Waals surface area (Å²) in [7, 11) is 0. The molecular formula is C17H34N2. The van der Waals surface area contributed by atoms with Crippen molar-refractivity contribution in [2.45, 2.75) is 71.8 Å². The Balaban J connectivity index is 1.77. The van der Waals surface area contributed by atoms with Crippen LogP contribution in [-0.2, 0) is 0 Å². The fraction of sp³-hybridized carbons (Fsp3) is 1.00. The van der Waals surface area contributed by atoms with Gasteiger partial charge in [0.05, 0.1) is 0 Å². The molecule has 2 nitrogen and oxygen atoms in total. The van der Waals surface area contributed by atoms with Gasteiger partial charge in [-0.2, -0.15) is 0 Å². The lowest BCUT2D eigenvalue weighted by Crippen LogP contribution is -2.47. The summed E-state index contributed by atoms with van der Waals surface area (Å²) in [6, 6.07) is 0.774. The Labute approximate surface area is 120 Å². The van der Waals surface area contributed by atoms with Gasteiger partial charge in [0.15, 0.2) is 0 Å². The van der Waals surface area contributed by atoms with Gasteiger partial charge in [0, 0.05) is 12.6 Å². The average molecular weight is 266 g/mol. The quantitative estimate of drug-likeness (QED) is 0.721. The summed E-state index contributed by atoms with van der Waals surface area (Å²) in [6.07, 6.45) is 9.77. The third kappa shape index (κ3) is 4.19. The minimum atomic E-state index is 0.669. The predicted octanol–water partition coefficient (Wildman–Crippen LogP) is 3.67. The van der Waals surface area contributed by atoms with Gasteiger partial charge in [0.25, 0.3) is 0 Å². The number of rotatable bonds is 8. The second kappa shape index (κ2) is 7.08. The molecule has 0 bridgehead atoms. The monoisotopic (exact) mass is 266 g/mol. The lowest BCUT2D eigenvalue weighted by atomic mass is 9.74. The first kappa shape index (κ1) is 15.3. The molecule has 2 fully saturated rings. The Morgan fingerprint density at radius 2 is 1.74 bits per heavy atom. The Bertz CT molecular complexity index is 246. The minimum absolute atomic E-state index is 0.669. The maximum Gasteiger partial charge on any atom is 0.0223 e. The molecule has 1 aliphatic carbocycles. The van der Waals surface area contributed by atoms with Crippen LogP contribution in [0.5, 0.6) is 0 Å². The van der Waals surface area contributed by atoms with Crippen molar-refractivity contribution in [3.8, 4) is 0 Å². The summed E-state index contributed by atoms with van der Waals surface area (Å²) < 4.78 is 0. The number of hydrogen-bond acceptors (Lipinski definition) is 2. The summed E-state index contributed by atoms with van der Waals surface area (Å²) in [6.45, 7) is 12.2. The first-order chi connectivity index (χ1) is 9.23. The van der Waals surface area contributed by atoms with Gasteiger partial charge in [-0.1, -0.05) is 33.6 Å². The number of likely N-dealkylation sites (tertiary alicyclic amines) is 1. The van der Waals surface area contributed by atoms with E-state index >= 15 is 0 Å². The average Bonchev–Trinajstić information content (AvgIpc) is 3.29. The van der Waals surface area contributed by atoms with Crippen LogP contribution in [0.15, 0.2) is 0 Å². The van der Waals surface area contributed by atoms with Gasteiger partial charge >= 0.3 is 0 Å². The van der Waals surface area contributed by atoms with Crippen molar-refractivity contribution < 1.29 is 0 Å². The fourth-order valence-corrected chi connectivity index (χ4v) is 3.65. The molecule has 19 heavy (non-hydrogen) atoms. The van der Waals surface area contributed by atoms with Gasteiger partial charge in [0.2, 0.25) is 0 Å². The van der Waals surface area contributed by atoms with Crippen molar-refractivity contribution >= 4 is 0 Å². The molecule has 1 saturated carbocycles. The molecule has 0 aromatic rings. The number of hydrogen-bond donors (Lipinski definition) is 1. The molecule has 2 rings (SSSR count). The maximum absolute atomic E-state index is 3.79. The van der Waals surface area contributed by atoms with Crippen molar-refractivity contribution in [2.75, 3.05) is 26.2 Å². The lowest BCUT2D eigenvalue weighted by Gasteiger charge is -2.42. The summed E-state index contributed by atoms with van der Waals surface area (Å²) in [5, 5.41) is 3.79. The zero-order valence-electron chi connectivity index (χ0n) is 13.4. The molecule has 0 aromatic heterocycles. The molecule has 0 spiro atoms. The molecular weight excluding hydrogens is 232 g/mol. The standard InChI is InChI=1S/C17H34N2/c1-4-11-18-16(15-7-8-15)14-19-12-9-17(5-2,6-3)10-13-19/h15-16,18H,4-14H2,1-3H3. The molecule has 2 heteroatoms. The van der Waals surface area contributed by atoms with E-state index in [-0.39, 0.29) is 0 Å². The van der Waals surface area contributed by atoms with E-state index in [0.29, 0.717) is 5.41 Å². The Hall–Kier alpha value is -0.0800. The summed E-state index contributed by atoms with van der Waals surface area (Å²) in [5.41, 5.74) is 0.669. The van der Waals surface area contributed by atoms with Crippen molar-refractivity contribution in [2.24, 2.45) is 11.3 Å². The van der Waals surface area contributed by atoms with E-state index in [0.717, 1.165) is 12.0 Å². The highest BCUT2D eigenvalue weighted by atomic mass is 15.2. The summed E-state index contributed by atoms with van der Waals surface area (Å²) in [4.78, 5) is 2.73. The highest BCUT2D eigenvalue weighted by molar-refractivity contribution is 4.91. The Kier molecular flexibility index (Phi) is 5.70. The summed E-state index contributed by atoms with van der Waals surface area (Å²) in [5.74, 6) is 0.982. The fourth-order valence-electron chi connectivity index (χ4n) is 3.65. The van der Waals surface area contributed by atoms with E-state index in [1.165, 1.54) is 71.1 Å². The second-order valence-electron chi connectivity index (χ2n) is 6.91. The third-order valence-corrected chi connectivity index (χ3v) is 5.72. The first-order valence-electron chi connectivity index (χ1n) is 8.68. The van der Waals surface area contributed by atoms with Crippen molar-refractivity contribution in [3.05, 3.63) is 0 Å². The number of nitrogens with zero attached hydrogens (tertiary/aromatic N) is 1. The van der Waals surface area contributed by atoms with E-state index in [1.54, 1.807) is 0 Å². The van der Waals surface area contributed by atoms with Gasteiger partial charge < -0.3 is 10.2 Å². The van der Waals surface area contributed by atoms with Crippen molar-refractivity contribution in [3.63, 3.8) is 0 Å². The molecule has 1 saturated heterocycles. The molecule has 0 radical (unpaired) electrons. The molecule has 1 aliphatic heterocycles. The molecule has 1 heterocycles. The summed E-state index contributed by atoms with van der Waals surface area (Å²) >= 11 is 0. The smallest absolute Gasteiger partial charge is 0.0223 e. The van der Waals surface area contributed by atoms with Crippen LogP contribution in [0.3, 0.4) is 0 Å². The maximum atomic E-state index is 3.79. The van der Waals surface area contributed by atoms with Crippen LogP contribution in [-0.4, -0.2) is 37.1 Å². The third-order valence-electron chi connectivity index (χ3n) is 5.72. The van der Waals surface area contributed by atoms with Crippen LogP contribution in [0.4, 0.5) is 0 Å². The Morgan fingerprint density at radius 1 is 1.11 bits per heavy atom. The van der Waals surface area contributed by atoms with E-state index in [9.17, 15) is 0 Å². The number of piperidine rings is 1. The molecule has 1 N–H and O–H groups in total. The van der Waals surface area contributed by atoms with E-state index in [2.05, 4.69) is 31.0 Å². The van der Waals surface area contributed by atoms with Crippen molar-refractivity contribution in [1.29, 1.82) is 0 Å². The van der Waals surface area contributed by atoms with Crippen LogP contribution in [0.25, 0.3) is 0 Å². The molecule has 1 unspecified atom stereocenters. The van der Waals surface area contributed by atoms with Crippen LogP contribution >= 0.6 is 0 Å². The first-order valence-corrected chi connectivity index (χ1v) is 8.68. The number of nitrogens with one attached hydrogen (secondary N) is 1. The van der Waals surface area contributed by atoms with Crippen LogP contribution in [0.1, 0.15) is 65.7 Å². The van der Waals surface area contributed by atoms with Gasteiger partial charge in [-0.15, -0.1) is 0 Å². The second-order valence-corrected chi connectivity index (χ2v) is 6.91. The van der Waals surface area contributed by atoms with Crippen molar-refractivity contribution in [1.82, 2.24) is 10.2 Å². The van der Waals surface area contributed by atoms with Gasteiger partial charge in [-0.3, -0.25) is 0 Å². The molecule has 2 aliphatic rings. The molecule has 0 aromatic carbocycles. The zero-order valence-corrected chi connectivity index (χ0v) is 13.4. The molecule has 1 atom stereocenters. The normalized spacial score (nSPS) is 25.4. The zero-order chi connectivity index (χ0) is 13.7. The van der Waals surface area contributed by atoms with E-state index < -0.39 is 0 Å².